The first kappa shape index (κ1) is 24.5. The minimum absolute atomic E-state index is 0.0537. The van der Waals surface area contributed by atoms with Gasteiger partial charge in [-0.3, -0.25) is 0 Å². The molecule has 6 unspecified atom stereocenters. The number of fused-ring (bicyclic) bond motifs is 5. The molecule has 0 aromatic rings. The van der Waals surface area contributed by atoms with Crippen molar-refractivity contribution in [1.82, 2.24) is 0 Å². The van der Waals surface area contributed by atoms with Gasteiger partial charge < -0.3 is 5.11 Å². The van der Waals surface area contributed by atoms with Crippen LogP contribution in [-0.2, 0) is 0 Å². The Morgan fingerprint density at radius 3 is 2.32 bits per heavy atom. The summed E-state index contributed by atoms with van der Waals surface area (Å²) in [4.78, 5) is 0. The van der Waals surface area contributed by atoms with Crippen LogP contribution in [0.1, 0.15) is 91.9 Å². The molecular formula is C27H48O3Se. The second-order valence-corrected chi connectivity index (χ2v) is 14.8. The van der Waals surface area contributed by atoms with Gasteiger partial charge in [0.1, 0.15) is 0 Å². The average molecular weight is 500 g/mol. The van der Waals surface area contributed by atoms with Crippen LogP contribution in [-0.4, -0.2) is 48.6 Å². The monoisotopic (exact) mass is 500 g/mol. The first-order valence-corrected chi connectivity index (χ1v) is 15.8. The van der Waals surface area contributed by atoms with Crippen molar-refractivity contribution < 1.29 is 15.3 Å². The quantitative estimate of drug-likeness (QED) is 0.328. The molecule has 31 heavy (non-hydrogen) atoms. The van der Waals surface area contributed by atoms with Crippen LogP contribution in [0.5, 0.6) is 0 Å². The molecule has 3 N–H and O–H groups in total. The summed E-state index contributed by atoms with van der Waals surface area (Å²) in [5.41, 5.74) is 0.405. The van der Waals surface area contributed by atoms with E-state index in [1.807, 2.05) is 0 Å². The predicted molar refractivity (Wildman–Crippen MR) is 128 cm³/mol. The Balaban J connectivity index is 1.49. The summed E-state index contributed by atoms with van der Waals surface area (Å²) in [6.45, 7) is 9.73. The normalized spacial score (nSPS) is 50.4. The SMILES string of the molecule is CCC[Se]CCCC(C)C1CCC2C3C(O)[C@@H](O)[C@@H]4C[C@H](O)CC[C@]4(C)C3CC[C@]12C. The molecule has 4 heteroatoms. The molecule has 4 rings (SSSR count). The molecule has 3 nitrogen and oxygen atoms in total. The maximum atomic E-state index is 11.4. The van der Waals surface area contributed by atoms with Crippen molar-refractivity contribution in [3.63, 3.8) is 0 Å². The first-order valence-electron chi connectivity index (χ1n) is 13.4. The van der Waals surface area contributed by atoms with Crippen LogP contribution in [0, 0.1) is 46.3 Å². The Morgan fingerprint density at radius 2 is 1.58 bits per heavy atom. The Labute approximate surface area is 197 Å². The maximum absolute atomic E-state index is 11.4. The zero-order valence-corrected chi connectivity index (χ0v) is 22.1. The van der Waals surface area contributed by atoms with E-state index in [0.29, 0.717) is 23.7 Å². The summed E-state index contributed by atoms with van der Waals surface area (Å²) in [5.74, 6) is 2.92. The van der Waals surface area contributed by atoms with Crippen LogP contribution in [0.4, 0.5) is 0 Å². The summed E-state index contributed by atoms with van der Waals surface area (Å²) in [7, 11) is 0. The summed E-state index contributed by atoms with van der Waals surface area (Å²) in [6, 6.07) is 0. The molecule has 0 amide bonds. The van der Waals surface area contributed by atoms with E-state index in [1.165, 1.54) is 55.6 Å². The van der Waals surface area contributed by atoms with Crippen LogP contribution in [0.3, 0.4) is 0 Å². The molecule has 0 heterocycles. The van der Waals surface area contributed by atoms with E-state index in [1.54, 1.807) is 0 Å². The van der Waals surface area contributed by atoms with E-state index in [4.69, 9.17) is 0 Å². The molecule has 0 bridgehead atoms. The number of aliphatic hydroxyl groups excluding tert-OH is 3. The molecule has 0 aliphatic heterocycles. The van der Waals surface area contributed by atoms with Crippen molar-refractivity contribution in [2.75, 3.05) is 0 Å². The molecule has 180 valence electrons. The van der Waals surface area contributed by atoms with Gasteiger partial charge in [0.05, 0.1) is 6.10 Å². The Kier molecular flexibility index (Phi) is 7.57. The van der Waals surface area contributed by atoms with Gasteiger partial charge in [-0.2, -0.15) is 0 Å². The second-order valence-electron chi connectivity index (χ2n) is 12.3. The molecule has 4 aliphatic carbocycles. The molecule has 4 saturated carbocycles. The van der Waals surface area contributed by atoms with E-state index in [-0.39, 0.29) is 23.4 Å². The fourth-order valence-corrected chi connectivity index (χ4v) is 11.0. The summed E-state index contributed by atoms with van der Waals surface area (Å²) >= 11 is 0.844. The van der Waals surface area contributed by atoms with Crippen molar-refractivity contribution in [2.45, 2.75) is 121 Å². The van der Waals surface area contributed by atoms with E-state index >= 15 is 0 Å². The van der Waals surface area contributed by atoms with Crippen LogP contribution in [0.15, 0.2) is 0 Å². The Hall–Kier alpha value is 0.399. The summed E-state index contributed by atoms with van der Waals surface area (Å²) < 4.78 is 0. The van der Waals surface area contributed by atoms with Gasteiger partial charge in [0.15, 0.2) is 0 Å². The molecule has 11 atom stereocenters. The zero-order chi connectivity index (χ0) is 22.4. The van der Waals surface area contributed by atoms with Crippen molar-refractivity contribution in [3.05, 3.63) is 0 Å². The van der Waals surface area contributed by atoms with Crippen LogP contribution in [0.2, 0.25) is 10.6 Å². The van der Waals surface area contributed by atoms with Gasteiger partial charge in [0.2, 0.25) is 0 Å². The predicted octanol–water partition coefficient (Wildman–Crippen LogP) is 5.31. The van der Waals surface area contributed by atoms with Gasteiger partial charge in [-0.25, -0.2) is 0 Å². The molecular weight excluding hydrogens is 451 g/mol. The van der Waals surface area contributed by atoms with Crippen LogP contribution in [0.25, 0.3) is 0 Å². The third-order valence-corrected chi connectivity index (χ3v) is 13.5. The van der Waals surface area contributed by atoms with E-state index in [2.05, 4.69) is 27.7 Å². The Morgan fingerprint density at radius 1 is 0.871 bits per heavy atom. The molecule has 0 aromatic carbocycles. The van der Waals surface area contributed by atoms with Crippen molar-refractivity contribution in [1.29, 1.82) is 0 Å². The first-order chi connectivity index (χ1) is 14.7. The standard InChI is InChI=1S/C27H48O3Se/c1-5-14-31-15-6-7-17(2)19-8-9-20-23-21(11-13-26(19,20)3)27(4)12-10-18(28)16-22(27)24(29)25(23)30/h17-25,28-30H,5-16H2,1-4H3/t17?,18-,19?,20?,21?,22+,23?,24+,25?,26-,27-/m1/s1. The molecule has 0 saturated heterocycles. The molecule has 0 aromatic heterocycles. The van der Waals surface area contributed by atoms with E-state index in [0.717, 1.165) is 39.6 Å². The number of hydrogen-bond acceptors (Lipinski definition) is 3. The number of hydrogen-bond donors (Lipinski definition) is 3. The fourth-order valence-electron chi connectivity index (χ4n) is 9.17. The van der Waals surface area contributed by atoms with Crippen LogP contribution < -0.4 is 0 Å². The van der Waals surface area contributed by atoms with E-state index < -0.39 is 12.2 Å². The second kappa shape index (κ2) is 9.57. The van der Waals surface area contributed by atoms with Crippen molar-refractivity contribution in [3.8, 4) is 0 Å². The van der Waals surface area contributed by atoms with Gasteiger partial charge in [-0.15, -0.1) is 0 Å². The third kappa shape index (κ3) is 4.20. The number of aliphatic hydroxyl groups is 3. The van der Waals surface area contributed by atoms with Crippen LogP contribution >= 0.6 is 0 Å². The van der Waals surface area contributed by atoms with Gasteiger partial charge in [0.25, 0.3) is 0 Å². The zero-order valence-electron chi connectivity index (χ0n) is 20.4. The van der Waals surface area contributed by atoms with Gasteiger partial charge in [-0.05, 0) is 0 Å². The molecule has 4 fully saturated rings. The average Bonchev–Trinajstić information content (AvgIpc) is 3.10. The topological polar surface area (TPSA) is 60.7 Å². The summed E-state index contributed by atoms with van der Waals surface area (Å²) in [5, 5.41) is 35.8. The van der Waals surface area contributed by atoms with E-state index in [9.17, 15) is 15.3 Å². The van der Waals surface area contributed by atoms with Gasteiger partial charge >= 0.3 is 186 Å². The van der Waals surface area contributed by atoms with Gasteiger partial charge in [0, 0.05) is 0 Å². The third-order valence-electron chi connectivity index (χ3n) is 10.8. The molecule has 0 radical (unpaired) electrons. The van der Waals surface area contributed by atoms with Crippen molar-refractivity contribution >= 4 is 15.0 Å². The summed E-state index contributed by atoms with van der Waals surface area (Å²) in [6.07, 6.45) is 10.1. The Bertz CT molecular complexity index is 613. The molecule has 4 aliphatic rings. The number of rotatable bonds is 7. The fraction of sp³-hybridized carbons (Fsp3) is 1.00. The van der Waals surface area contributed by atoms with Gasteiger partial charge in [-0.1, -0.05) is 0 Å². The van der Waals surface area contributed by atoms with Crippen molar-refractivity contribution in [2.24, 2.45) is 46.3 Å². The molecule has 0 spiro atoms. The minimum atomic E-state index is -0.666.